The van der Waals surface area contributed by atoms with E-state index >= 15 is 0 Å². The molecule has 1 amide bonds. The number of rotatable bonds is 6. The minimum Gasteiger partial charge on any atom is -0.352 e. The van der Waals surface area contributed by atoms with Gasteiger partial charge in [-0.1, -0.05) is 30.3 Å². The van der Waals surface area contributed by atoms with Crippen molar-refractivity contribution in [1.82, 2.24) is 10.2 Å². The van der Waals surface area contributed by atoms with Crippen LogP contribution in [0.2, 0.25) is 0 Å². The largest absolute Gasteiger partial charge is 0.352 e. The van der Waals surface area contributed by atoms with Gasteiger partial charge in [0.15, 0.2) is 0 Å². The van der Waals surface area contributed by atoms with Gasteiger partial charge in [-0.15, -0.1) is 0 Å². The first kappa shape index (κ1) is 13.7. The van der Waals surface area contributed by atoms with Crippen molar-refractivity contribution < 1.29 is 4.79 Å². The Morgan fingerprint density at radius 1 is 1.29 bits per heavy atom. The van der Waals surface area contributed by atoms with Crippen LogP contribution >= 0.6 is 0 Å². The zero-order chi connectivity index (χ0) is 12.7. The highest BCUT2D eigenvalue weighted by Crippen LogP contribution is 1.98. The van der Waals surface area contributed by atoms with E-state index in [0.29, 0.717) is 19.0 Å². The van der Waals surface area contributed by atoms with Crippen molar-refractivity contribution in [1.29, 1.82) is 0 Å². The monoisotopic (exact) mass is 234 g/mol. The Kier molecular flexibility index (Phi) is 5.70. The Bertz CT molecular complexity index is 335. The first-order valence-electron chi connectivity index (χ1n) is 6.10. The first-order chi connectivity index (χ1) is 8.09. The summed E-state index contributed by atoms with van der Waals surface area (Å²) in [6, 6.07) is 10.4. The van der Waals surface area contributed by atoms with Crippen molar-refractivity contribution in [3.8, 4) is 0 Å². The standard InChI is InChI=1S/C14H22N2O/c1-12(2)16(3)10-9-14(17)15-11-13-7-5-4-6-8-13/h4-8,12H,9-11H2,1-3H3,(H,15,17). The maximum Gasteiger partial charge on any atom is 0.221 e. The van der Waals surface area contributed by atoms with Gasteiger partial charge in [0.2, 0.25) is 5.91 Å². The maximum atomic E-state index is 11.6. The molecule has 0 aromatic heterocycles. The number of carbonyl (C=O) groups excluding carboxylic acids is 1. The minimum absolute atomic E-state index is 0.112. The molecule has 0 fully saturated rings. The van der Waals surface area contributed by atoms with Crippen LogP contribution in [0.1, 0.15) is 25.8 Å². The van der Waals surface area contributed by atoms with Crippen LogP contribution in [-0.4, -0.2) is 30.4 Å². The van der Waals surface area contributed by atoms with E-state index in [-0.39, 0.29) is 5.91 Å². The van der Waals surface area contributed by atoms with E-state index < -0.39 is 0 Å². The number of benzene rings is 1. The average molecular weight is 234 g/mol. The van der Waals surface area contributed by atoms with Gasteiger partial charge in [0, 0.05) is 25.6 Å². The number of amides is 1. The Balaban J connectivity index is 2.22. The molecule has 1 N–H and O–H groups in total. The predicted octanol–water partition coefficient (Wildman–Crippen LogP) is 2.03. The van der Waals surface area contributed by atoms with Gasteiger partial charge in [0.25, 0.3) is 0 Å². The normalized spacial score (nSPS) is 10.9. The Hall–Kier alpha value is -1.35. The minimum atomic E-state index is 0.112. The number of hydrogen-bond acceptors (Lipinski definition) is 2. The molecule has 0 aliphatic carbocycles. The number of carbonyl (C=O) groups is 1. The van der Waals surface area contributed by atoms with Gasteiger partial charge in [0.05, 0.1) is 0 Å². The van der Waals surface area contributed by atoms with Crippen LogP contribution in [0, 0.1) is 0 Å². The van der Waals surface area contributed by atoms with Gasteiger partial charge < -0.3 is 10.2 Å². The summed E-state index contributed by atoms with van der Waals surface area (Å²) in [5.41, 5.74) is 1.14. The smallest absolute Gasteiger partial charge is 0.221 e. The van der Waals surface area contributed by atoms with Crippen LogP contribution in [0.25, 0.3) is 0 Å². The molecule has 1 aromatic carbocycles. The molecule has 1 aromatic rings. The number of nitrogens with zero attached hydrogens (tertiary/aromatic N) is 1. The van der Waals surface area contributed by atoms with Gasteiger partial charge in [-0.25, -0.2) is 0 Å². The van der Waals surface area contributed by atoms with Gasteiger partial charge in [0.1, 0.15) is 0 Å². The molecular formula is C14H22N2O. The summed E-state index contributed by atoms with van der Waals surface area (Å²) >= 11 is 0. The van der Waals surface area contributed by atoms with Crippen LogP contribution in [-0.2, 0) is 11.3 Å². The van der Waals surface area contributed by atoms with Crippen LogP contribution in [0.3, 0.4) is 0 Å². The summed E-state index contributed by atoms with van der Waals surface area (Å²) in [6.45, 7) is 5.67. The Morgan fingerprint density at radius 3 is 2.53 bits per heavy atom. The molecule has 0 spiro atoms. The molecule has 3 heteroatoms. The van der Waals surface area contributed by atoms with Gasteiger partial charge in [-0.2, -0.15) is 0 Å². The molecule has 17 heavy (non-hydrogen) atoms. The molecule has 94 valence electrons. The summed E-state index contributed by atoms with van der Waals surface area (Å²) in [7, 11) is 2.04. The maximum absolute atomic E-state index is 11.6. The summed E-state index contributed by atoms with van der Waals surface area (Å²) in [5, 5.41) is 2.93. The lowest BCUT2D eigenvalue weighted by Crippen LogP contribution is -2.32. The molecule has 1 rings (SSSR count). The first-order valence-corrected chi connectivity index (χ1v) is 6.10. The molecule has 0 saturated heterocycles. The van der Waals surface area contributed by atoms with Crippen LogP contribution < -0.4 is 5.32 Å². The highest BCUT2D eigenvalue weighted by Gasteiger charge is 2.06. The van der Waals surface area contributed by atoms with Gasteiger partial charge in [-0.05, 0) is 26.5 Å². The summed E-state index contributed by atoms with van der Waals surface area (Å²) < 4.78 is 0. The second-order valence-electron chi connectivity index (χ2n) is 4.59. The predicted molar refractivity (Wildman–Crippen MR) is 70.7 cm³/mol. The Morgan fingerprint density at radius 2 is 1.94 bits per heavy atom. The average Bonchev–Trinajstić information content (AvgIpc) is 2.34. The van der Waals surface area contributed by atoms with E-state index in [4.69, 9.17) is 0 Å². The second kappa shape index (κ2) is 7.07. The van der Waals surface area contributed by atoms with Gasteiger partial charge in [-0.3, -0.25) is 4.79 Å². The molecule has 0 radical (unpaired) electrons. The third-order valence-electron chi connectivity index (χ3n) is 2.91. The van der Waals surface area contributed by atoms with Crippen molar-refractivity contribution in [2.45, 2.75) is 32.9 Å². The molecular weight excluding hydrogens is 212 g/mol. The zero-order valence-electron chi connectivity index (χ0n) is 10.9. The lowest BCUT2D eigenvalue weighted by atomic mass is 10.2. The highest BCUT2D eigenvalue weighted by atomic mass is 16.1. The van der Waals surface area contributed by atoms with Crippen molar-refractivity contribution >= 4 is 5.91 Å². The van der Waals surface area contributed by atoms with E-state index in [2.05, 4.69) is 24.1 Å². The molecule has 0 atom stereocenters. The molecule has 3 nitrogen and oxygen atoms in total. The number of nitrogens with one attached hydrogen (secondary N) is 1. The van der Waals surface area contributed by atoms with E-state index in [1.807, 2.05) is 37.4 Å². The molecule has 0 unspecified atom stereocenters. The fraction of sp³-hybridized carbons (Fsp3) is 0.500. The third kappa shape index (κ3) is 5.50. The topological polar surface area (TPSA) is 32.3 Å². The fourth-order valence-corrected chi connectivity index (χ4v) is 1.42. The summed E-state index contributed by atoms with van der Waals surface area (Å²) in [4.78, 5) is 13.8. The molecule has 0 heterocycles. The lowest BCUT2D eigenvalue weighted by Gasteiger charge is -2.20. The van der Waals surface area contributed by atoms with Crippen LogP contribution in [0.4, 0.5) is 0 Å². The fourth-order valence-electron chi connectivity index (χ4n) is 1.42. The molecule has 0 bridgehead atoms. The van der Waals surface area contributed by atoms with Crippen LogP contribution in [0.15, 0.2) is 30.3 Å². The lowest BCUT2D eigenvalue weighted by molar-refractivity contribution is -0.121. The van der Waals surface area contributed by atoms with E-state index in [0.717, 1.165) is 12.1 Å². The van der Waals surface area contributed by atoms with Gasteiger partial charge >= 0.3 is 0 Å². The van der Waals surface area contributed by atoms with Crippen molar-refractivity contribution in [3.63, 3.8) is 0 Å². The molecule has 0 saturated carbocycles. The summed E-state index contributed by atoms with van der Waals surface area (Å²) in [6.07, 6.45) is 0.557. The van der Waals surface area contributed by atoms with Crippen molar-refractivity contribution in [2.24, 2.45) is 0 Å². The van der Waals surface area contributed by atoms with Crippen molar-refractivity contribution in [3.05, 3.63) is 35.9 Å². The zero-order valence-corrected chi connectivity index (χ0v) is 10.9. The quantitative estimate of drug-likeness (QED) is 0.817. The molecule has 0 aliphatic heterocycles. The second-order valence-corrected chi connectivity index (χ2v) is 4.59. The Labute approximate surface area is 104 Å². The SMILES string of the molecule is CC(C)N(C)CCC(=O)NCc1ccccc1. The molecule has 0 aliphatic rings. The highest BCUT2D eigenvalue weighted by molar-refractivity contribution is 5.76. The van der Waals surface area contributed by atoms with E-state index in [9.17, 15) is 4.79 Å². The third-order valence-corrected chi connectivity index (χ3v) is 2.91. The van der Waals surface area contributed by atoms with Crippen LogP contribution in [0.5, 0.6) is 0 Å². The summed E-state index contributed by atoms with van der Waals surface area (Å²) in [5.74, 6) is 0.112. The van der Waals surface area contributed by atoms with E-state index in [1.54, 1.807) is 0 Å². The van der Waals surface area contributed by atoms with E-state index in [1.165, 1.54) is 0 Å². The van der Waals surface area contributed by atoms with Crippen molar-refractivity contribution in [2.75, 3.05) is 13.6 Å². The number of hydrogen-bond donors (Lipinski definition) is 1.